The first-order valence-electron chi connectivity index (χ1n) is 6.45. The van der Waals surface area contributed by atoms with Gasteiger partial charge in [-0.15, -0.1) is 11.8 Å². The SMILES string of the molecule is CCNCc1cc(F)ccc1SC1CCCC1. The minimum Gasteiger partial charge on any atom is -0.313 e. The van der Waals surface area contributed by atoms with Crippen LogP contribution in [0.2, 0.25) is 0 Å². The topological polar surface area (TPSA) is 12.0 Å². The molecule has 1 aromatic rings. The minimum absolute atomic E-state index is 0.131. The van der Waals surface area contributed by atoms with E-state index in [9.17, 15) is 4.39 Å². The van der Waals surface area contributed by atoms with Crippen LogP contribution in [0.25, 0.3) is 0 Å². The number of halogens is 1. The smallest absolute Gasteiger partial charge is 0.123 e. The van der Waals surface area contributed by atoms with Crippen molar-refractivity contribution in [3.05, 3.63) is 29.6 Å². The Hall–Kier alpha value is -0.540. The molecule has 0 amide bonds. The van der Waals surface area contributed by atoms with E-state index in [2.05, 4.69) is 12.2 Å². The lowest BCUT2D eigenvalue weighted by molar-refractivity contribution is 0.618. The number of nitrogens with one attached hydrogen (secondary N) is 1. The number of hydrogen-bond donors (Lipinski definition) is 1. The fraction of sp³-hybridized carbons (Fsp3) is 0.571. The van der Waals surface area contributed by atoms with Gasteiger partial charge >= 0.3 is 0 Å². The van der Waals surface area contributed by atoms with Gasteiger partial charge in [0.05, 0.1) is 0 Å². The molecule has 0 unspecified atom stereocenters. The molecule has 2 rings (SSSR count). The molecule has 0 bridgehead atoms. The number of benzene rings is 1. The van der Waals surface area contributed by atoms with Gasteiger partial charge in [-0.3, -0.25) is 0 Å². The van der Waals surface area contributed by atoms with Gasteiger partial charge in [-0.05, 0) is 43.1 Å². The summed E-state index contributed by atoms with van der Waals surface area (Å²) in [6.45, 7) is 3.76. The highest BCUT2D eigenvalue weighted by molar-refractivity contribution is 8.00. The molecule has 1 nitrogen and oxygen atoms in total. The highest BCUT2D eigenvalue weighted by Gasteiger charge is 2.17. The maximum Gasteiger partial charge on any atom is 0.123 e. The summed E-state index contributed by atoms with van der Waals surface area (Å²) in [6.07, 6.45) is 5.31. The van der Waals surface area contributed by atoms with Crippen LogP contribution in [0.15, 0.2) is 23.1 Å². The molecule has 1 aliphatic carbocycles. The maximum atomic E-state index is 13.3. The summed E-state index contributed by atoms with van der Waals surface area (Å²) in [7, 11) is 0. The average molecular weight is 253 g/mol. The molecule has 1 saturated carbocycles. The Balaban J connectivity index is 2.07. The van der Waals surface area contributed by atoms with Crippen molar-refractivity contribution in [1.82, 2.24) is 5.32 Å². The first-order chi connectivity index (χ1) is 8.29. The van der Waals surface area contributed by atoms with Gasteiger partial charge in [-0.1, -0.05) is 19.8 Å². The van der Waals surface area contributed by atoms with Gasteiger partial charge in [-0.2, -0.15) is 0 Å². The summed E-state index contributed by atoms with van der Waals surface area (Å²) in [5.41, 5.74) is 1.10. The van der Waals surface area contributed by atoms with E-state index in [1.807, 2.05) is 17.8 Å². The molecule has 0 aromatic heterocycles. The van der Waals surface area contributed by atoms with Crippen LogP contribution in [0.3, 0.4) is 0 Å². The summed E-state index contributed by atoms with van der Waals surface area (Å²) in [6, 6.07) is 5.18. The molecule has 0 aliphatic heterocycles. The molecule has 1 aliphatic rings. The second-order valence-corrected chi connectivity index (χ2v) is 5.90. The van der Waals surface area contributed by atoms with Crippen molar-refractivity contribution in [2.24, 2.45) is 0 Å². The molecule has 0 atom stereocenters. The van der Waals surface area contributed by atoms with Crippen molar-refractivity contribution in [2.75, 3.05) is 6.54 Å². The van der Waals surface area contributed by atoms with Crippen molar-refractivity contribution in [3.8, 4) is 0 Å². The van der Waals surface area contributed by atoms with E-state index in [0.717, 1.165) is 23.9 Å². The Kier molecular flexibility index (Phi) is 4.86. The van der Waals surface area contributed by atoms with E-state index < -0.39 is 0 Å². The van der Waals surface area contributed by atoms with Crippen molar-refractivity contribution in [2.45, 2.75) is 49.3 Å². The van der Waals surface area contributed by atoms with Crippen LogP contribution in [-0.4, -0.2) is 11.8 Å². The van der Waals surface area contributed by atoms with Crippen molar-refractivity contribution in [3.63, 3.8) is 0 Å². The summed E-state index contributed by atoms with van der Waals surface area (Å²) >= 11 is 1.93. The highest BCUT2D eigenvalue weighted by atomic mass is 32.2. The molecular weight excluding hydrogens is 233 g/mol. The van der Waals surface area contributed by atoms with E-state index in [0.29, 0.717) is 0 Å². The Morgan fingerprint density at radius 2 is 2.12 bits per heavy atom. The van der Waals surface area contributed by atoms with Crippen LogP contribution in [0.5, 0.6) is 0 Å². The molecular formula is C14H20FNS. The molecule has 94 valence electrons. The van der Waals surface area contributed by atoms with Crippen LogP contribution in [0, 0.1) is 5.82 Å². The van der Waals surface area contributed by atoms with Gasteiger partial charge < -0.3 is 5.32 Å². The van der Waals surface area contributed by atoms with Gasteiger partial charge in [0, 0.05) is 16.7 Å². The van der Waals surface area contributed by atoms with Crippen LogP contribution in [0.1, 0.15) is 38.2 Å². The quantitative estimate of drug-likeness (QED) is 0.852. The first kappa shape index (κ1) is 12.9. The lowest BCUT2D eigenvalue weighted by Gasteiger charge is -2.13. The molecule has 17 heavy (non-hydrogen) atoms. The third-order valence-electron chi connectivity index (χ3n) is 3.18. The van der Waals surface area contributed by atoms with Crippen LogP contribution >= 0.6 is 11.8 Å². The van der Waals surface area contributed by atoms with Crippen LogP contribution < -0.4 is 5.32 Å². The standard InChI is InChI=1S/C14H20FNS/c1-2-16-10-11-9-12(15)7-8-14(11)17-13-5-3-4-6-13/h7-9,13,16H,2-6,10H2,1H3. The van der Waals surface area contributed by atoms with Crippen molar-refractivity contribution < 1.29 is 4.39 Å². The second kappa shape index (κ2) is 6.41. The fourth-order valence-electron chi connectivity index (χ4n) is 2.25. The van der Waals surface area contributed by atoms with Gasteiger partial charge in [0.15, 0.2) is 0 Å². The normalized spacial score (nSPS) is 16.6. The van der Waals surface area contributed by atoms with Crippen LogP contribution in [-0.2, 0) is 6.54 Å². The van der Waals surface area contributed by atoms with E-state index >= 15 is 0 Å². The Morgan fingerprint density at radius 3 is 2.82 bits per heavy atom. The molecule has 1 N–H and O–H groups in total. The second-order valence-electron chi connectivity index (χ2n) is 4.56. The lowest BCUT2D eigenvalue weighted by atomic mass is 10.2. The highest BCUT2D eigenvalue weighted by Crippen LogP contribution is 2.36. The summed E-state index contributed by atoms with van der Waals surface area (Å²) in [5, 5.41) is 4.01. The molecule has 0 heterocycles. The lowest BCUT2D eigenvalue weighted by Crippen LogP contribution is -2.13. The number of hydrogen-bond acceptors (Lipinski definition) is 2. The minimum atomic E-state index is -0.131. The molecule has 1 fully saturated rings. The third kappa shape index (κ3) is 3.71. The fourth-order valence-corrected chi connectivity index (χ4v) is 3.60. The Labute approximate surface area is 107 Å². The zero-order valence-corrected chi connectivity index (χ0v) is 11.2. The molecule has 3 heteroatoms. The van der Waals surface area contributed by atoms with Gasteiger partial charge in [0.1, 0.15) is 5.82 Å². The van der Waals surface area contributed by atoms with E-state index in [1.165, 1.54) is 30.6 Å². The van der Waals surface area contributed by atoms with Gasteiger partial charge in [-0.25, -0.2) is 4.39 Å². The van der Waals surface area contributed by atoms with E-state index in [1.54, 1.807) is 12.1 Å². The predicted molar refractivity (Wildman–Crippen MR) is 71.9 cm³/mol. The summed E-state index contributed by atoms with van der Waals surface area (Å²) in [5.74, 6) is -0.131. The van der Waals surface area contributed by atoms with Crippen LogP contribution in [0.4, 0.5) is 4.39 Å². The number of thioether (sulfide) groups is 1. The first-order valence-corrected chi connectivity index (χ1v) is 7.33. The Morgan fingerprint density at radius 1 is 1.35 bits per heavy atom. The maximum absolute atomic E-state index is 13.3. The molecule has 0 saturated heterocycles. The van der Waals surface area contributed by atoms with Crippen molar-refractivity contribution >= 4 is 11.8 Å². The zero-order chi connectivity index (χ0) is 12.1. The van der Waals surface area contributed by atoms with E-state index in [-0.39, 0.29) is 5.82 Å². The number of rotatable bonds is 5. The predicted octanol–water partition coefficient (Wildman–Crippen LogP) is 3.97. The monoisotopic (exact) mass is 253 g/mol. The molecule has 0 radical (unpaired) electrons. The van der Waals surface area contributed by atoms with E-state index in [4.69, 9.17) is 0 Å². The largest absolute Gasteiger partial charge is 0.313 e. The van der Waals surface area contributed by atoms with Crippen molar-refractivity contribution in [1.29, 1.82) is 0 Å². The average Bonchev–Trinajstić information content (AvgIpc) is 2.82. The van der Waals surface area contributed by atoms with Gasteiger partial charge in [0.2, 0.25) is 0 Å². The molecule has 1 aromatic carbocycles. The molecule has 0 spiro atoms. The summed E-state index contributed by atoms with van der Waals surface area (Å²) in [4.78, 5) is 1.25. The zero-order valence-electron chi connectivity index (χ0n) is 10.3. The summed E-state index contributed by atoms with van der Waals surface area (Å²) < 4.78 is 13.3. The Bertz CT molecular complexity index is 361. The van der Waals surface area contributed by atoms with Gasteiger partial charge in [0.25, 0.3) is 0 Å². The third-order valence-corrected chi connectivity index (χ3v) is 4.64.